The van der Waals surface area contributed by atoms with Gasteiger partial charge in [-0.05, 0) is 24.6 Å². The van der Waals surface area contributed by atoms with Gasteiger partial charge in [0.05, 0.1) is 6.61 Å². The molecule has 0 aliphatic heterocycles. The molecule has 0 heterocycles. The van der Waals surface area contributed by atoms with Gasteiger partial charge in [0.25, 0.3) is 0 Å². The zero-order valence-electron chi connectivity index (χ0n) is 9.78. The number of ether oxygens (including phenoxy) is 1. The number of hydrogen-bond donors (Lipinski definition) is 1. The molecule has 0 saturated heterocycles. The van der Waals surface area contributed by atoms with Crippen LogP contribution in [0.3, 0.4) is 0 Å². The van der Waals surface area contributed by atoms with Gasteiger partial charge < -0.3 is 4.74 Å². The Kier molecular flexibility index (Phi) is 5.73. The Hall–Kier alpha value is -1.32. The number of halogens is 1. The number of hydrogen-bond acceptors (Lipinski definition) is 3. The SMILES string of the molecule is C=CCNC(C(=O)OCC)c1ccc(Cl)cc1. The van der Waals surface area contributed by atoms with E-state index >= 15 is 0 Å². The van der Waals surface area contributed by atoms with Crippen molar-refractivity contribution in [2.75, 3.05) is 13.2 Å². The molecule has 17 heavy (non-hydrogen) atoms. The summed E-state index contributed by atoms with van der Waals surface area (Å²) >= 11 is 5.81. The van der Waals surface area contributed by atoms with Crippen molar-refractivity contribution in [2.45, 2.75) is 13.0 Å². The van der Waals surface area contributed by atoms with E-state index in [9.17, 15) is 4.79 Å². The lowest BCUT2D eigenvalue weighted by molar-refractivity contribution is -0.145. The van der Waals surface area contributed by atoms with E-state index in [1.54, 1.807) is 37.3 Å². The van der Waals surface area contributed by atoms with Crippen LogP contribution < -0.4 is 5.32 Å². The first-order chi connectivity index (χ1) is 8.19. The third-order valence-corrected chi connectivity index (χ3v) is 2.44. The van der Waals surface area contributed by atoms with Crippen LogP contribution in [0, 0.1) is 0 Å². The van der Waals surface area contributed by atoms with Crippen LogP contribution in [0.4, 0.5) is 0 Å². The second-order valence-electron chi connectivity index (χ2n) is 3.43. The average molecular weight is 254 g/mol. The van der Waals surface area contributed by atoms with Gasteiger partial charge in [-0.15, -0.1) is 6.58 Å². The normalized spacial score (nSPS) is 11.9. The van der Waals surface area contributed by atoms with E-state index < -0.39 is 6.04 Å². The molecule has 0 bridgehead atoms. The summed E-state index contributed by atoms with van der Waals surface area (Å²) in [5, 5.41) is 3.69. The number of carbonyl (C=O) groups excluding carboxylic acids is 1. The molecule has 0 fully saturated rings. The van der Waals surface area contributed by atoms with E-state index in [0.717, 1.165) is 5.56 Å². The van der Waals surface area contributed by atoms with Crippen molar-refractivity contribution in [1.82, 2.24) is 5.32 Å². The number of carbonyl (C=O) groups is 1. The summed E-state index contributed by atoms with van der Waals surface area (Å²) in [7, 11) is 0. The summed E-state index contributed by atoms with van der Waals surface area (Å²) in [6, 6.07) is 6.63. The van der Waals surface area contributed by atoms with Gasteiger partial charge >= 0.3 is 5.97 Å². The molecule has 92 valence electrons. The molecule has 0 saturated carbocycles. The molecule has 1 unspecified atom stereocenters. The molecule has 0 amide bonds. The minimum absolute atomic E-state index is 0.295. The molecule has 1 rings (SSSR count). The van der Waals surface area contributed by atoms with E-state index in [0.29, 0.717) is 18.2 Å². The van der Waals surface area contributed by atoms with Crippen molar-refractivity contribution >= 4 is 17.6 Å². The number of nitrogens with one attached hydrogen (secondary N) is 1. The van der Waals surface area contributed by atoms with Crippen molar-refractivity contribution in [3.8, 4) is 0 Å². The highest BCUT2D eigenvalue weighted by Crippen LogP contribution is 2.17. The first-order valence-corrected chi connectivity index (χ1v) is 5.83. The Morgan fingerprint density at radius 3 is 2.71 bits per heavy atom. The van der Waals surface area contributed by atoms with E-state index in [1.165, 1.54) is 0 Å². The van der Waals surface area contributed by atoms with Gasteiger partial charge in [0, 0.05) is 11.6 Å². The second kappa shape index (κ2) is 7.09. The summed E-state index contributed by atoms with van der Waals surface area (Å²) in [5.74, 6) is -0.295. The van der Waals surface area contributed by atoms with Crippen LogP contribution >= 0.6 is 11.6 Å². The summed E-state index contributed by atoms with van der Waals surface area (Å²) in [4.78, 5) is 11.8. The van der Waals surface area contributed by atoms with Gasteiger partial charge in [-0.25, -0.2) is 4.79 Å². The van der Waals surface area contributed by atoms with Gasteiger partial charge in [0.1, 0.15) is 6.04 Å². The first-order valence-electron chi connectivity index (χ1n) is 5.45. The van der Waals surface area contributed by atoms with Gasteiger partial charge in [-0.2, -0.15) is 0 Å². The third-order valence-electron chi connectivity index (χ3n) is 2.19. The van der Waals surface area contributed by atoms with E-state index in [1.807, 2.05) is 0 Å². The lowest BCUT2D eigenvalue weighted by Gasteiger charge is -2.16. The lowest BCUT2D eigenvalue weighted by atomic mass is 10.1. The summed E-state index contributed by atoms with van der Waals surface area (Å²) in [5.41, 5.74) is 0.828. The number of esters is 1. The Labute approximate surface area is 106 Å². The quantitative estimate of drug-likeness (QED) is 0.626. The third kappa shape index (κ3) is 4.21. The number of rotatable bonds is 6. The minimum atomic E-state index is -0.481. The molecule has 1 atom stereocenters. The molecule has 4 heteroatoms. The Morgan fingerprint density at radius 1 is 1.53 bits per heavy atom. The van der Waals surface area contributed by atoms with Crippen molar-refractivity contribution in [2.24, 2.45) is 0 Å². The Morgan fingerprint density at radius 2 is 2.18 bits per heavy atom. The predicted octanol–water partition coefficient (Wildman–Crippen LogP) is 2.72. The van der Waals surface area contributed by atoms with Crippen LogP contribution in [0.5, 0.6) is 0 Å². The van der Waals surface area contributed by atoms with Gasteiger partial charge in [-0.3, -0.25) is 5.32 Å². The van der Waals surface area contributed by atoms with E-state index in [4.69, 9.17) is 16.3 Å². The van der Waals surface area contributed by atoms with E-state index in [2.05, 4.69) is 11.9 Å². The molecule has 0 radical (unpaired) electrons. The molecule has 3 nitrogen and oxygen atoms in total. The van der Waals surface area contributed by atoms with Gasteiger partial charge in [0.2, 0.25) is 0 Å². The fourth-order valence-corrected chi connectivity index (χ4v) is 1.55. The standard InChI is InChI=1S/C13H16ClNO2/c1-3-9-15-12(13(16)17-4-2)10-5-7-11(14)8-6-10/h3,5-8,12,15H,1,4,9H2,2H3. The topological polar surface area (TPSA) is 38.3 Å². The fraction of sp³-hybridized carbons (Fsp3) is 0.308. The molecule has 1 aromatic carbocycles. The zero-order chi connectivity index (χ0) is 12.7. The fourth-order valence-electron chi connectivity index (χ4n) is 1.42. The highest BCUT2D eigenvalue weighted by molar-refractivity contribution is 6.30. The van der Waals surface area contributed by atoms with Crippen molar-refractivity contribution in [3.05, 3.63) is 47.5 Å². The maximum absolute atomic E-state index is 11.8. The van der Waals surface area contributed by atoms with Gasteiger partial charge in [-0.1, -0.05) is 29.8 Å². The van der Waals surface area contributed by atoms with Crippen LogP contribution in [0.15, 0.2) is 36.9 Å². The summed E-state index contributed by atoms with van der Waals surface area (Å²) < 4.78 is 5.02. The van der Waals surface area contributed by atoms with Crippen LogP contribution in [-0.4, -0.2) is 19.1 Å². The van der Waals surface area contributed by atoms with Crippen LogP contribution in [0.25, 0.3) is 0 Å². The largest absolute Gasteiger partial charge is 0.465 e. The van der Waals surface area contributed by atoms with Crippen molar-refractivity contribution in [1.29, 1.82) is 0 Å². The molecule has 0 spiro atoms. The van der Waals surface area contributed by atoms with Crippen molar-refractivity contribution in [3.63, 3.8) is 0 Å². The average Bonchev–Trinajstić information content (AvgIpc) is 2.32. The van der Waals surface area contributed by atoms with Crippen molar-refractivity contribution < 1.29 is 9.53 Å². The molecule has 0 aliphatic rings. The highest BCUT2D eigenvalue weighted by Gasteiger charge is 2.20. The molecule has 1 N–H and O–H groups in total. The zero-order valence-corrected chi connectivity index (χ0v) is 10.5. The lowest BCUT2D eigenvalue weighted by Crippen LogP contribution is -2.30. The molecule has 1 aromatic rings. The maximum atomic E-state index is 11.8. The maximum Gasteiger partial charge on any atom is 0.327 e. The van der Waals surface area contributed by atoms with Gasteiger partial charge in [0.15, 0.2) is 0 Å². The van der Waals surface area contributed by atoms with Crippen LogP contribution in [0.2, 0.25) is 5.02 Å². The monoisotopic (exact) mass is 253 g/mol. The number of benzene rings is 1. The van der Waals surface area contributed by atoms with Crippen LogP contribution in [0.1, 0.15) is 18.5 Å². The summed E-state index contributed by atoms with van der Waals surface area (Å²) in [6.07, 6.45) is 1.70. The smallest absolute Gasteiger partial charge is 0.327 e. The molecular formula is C13H16ClNO2. The first kappa shape index (κ1) is 13.7. The predicted molar refractivity (Wildman–Crippen MR) is 69.0 cm³/mol. The molecule has 0 aromatic heterocycles. The highest BCUT2D eigenvalue weighted by atomic mass is 35.5. The Bertz CT molecular complexity index is 376. The van der Waals surface area contributed by atoms with E-state index in [-0.39, 0.29) is 5.97 Å². The van der Waals surface area contributed by atoms with Crippen LogP contribution in [-0.2, 0) is 9.53 Å². The summed E-state index contributed by atoms with van der Waals surface area (Å²) in [6.45, 7) is 6.29. The molecule has 0 aliphatic carbocycles. The minimum Gasteiger partial charge on any atom is -0.465 e. The second-order valence-corrected chi connectivity index (χ2v) is 3.87. The Balaban J connectivity index is 2.84. The molecular weight excluding hydrogens is 238 g/mol.